The van der Waals surface area contributed by atoms with Crippen molar-refractivity contribution in [2.24, 2.45) is 5.16 Å². The summed E-state index contributed by atoms with van der Waals surface area (Å²) in [6.07, 6.45) is 1.39. The van der Waals surface area contributed by atoms with Gasteiger partial charge in [-0.2, -0.15) is 0 Å². The molecule has 0 aliphatic carbocycles. The molecule has 0 heterocycles. The average molecular weight is 444 g/mol. The van der Waals surface area contributed by atoms with Crippen LogP contribution in [0, 0.1) is 5.82 Å². The van der Waals surface area contributed by atoms with Crippen LogP contribution in [0.2, 0.25) is 5.02 Å². The topological polar surface area (TPSA) is 66.4 Å². The van der Waals surface area contributed by atoms with E-state index >= 15 is 0 Å². The molecule has 0 amide bonds. The third-order valence-corrected chi connectivity index (χ3v) is 4.29. The molecule has 0 aliphatic heterocycles. The van der Waals surface area contributed by atoms with E-state index in [1.54, 1.807) is 61.7 Å². The zero-order valence-corrected chi connectivity index (χ0v) is 17.3. The second-order valence-electron chi connectivity index (χ2n) is 6.25. The molecule has 8 heteroatoms. The number of hydrogen-bond acceptors (Lipinski definition) is 6. The summed E-state index contributed by atoms with van der Waals surface area (Å²) in [7, 11) is 1.55. The number of benzene rings is 3. The number of halogens is 2. The van der Waals surface area contributed by atoms with Crippen LogP contribution in [0.15, 0.2) is 71.9 Å². The van der Waals surface area contributed by atoms with Crippen molar-refractivity contribution in [2.75, 3.05) is 13.7 Å². The average Bonchev–Trinajstić information content (AvgIpc) is 2.78. The van der Waals surface area contributed by atoms with Crippen LogP contribution in [-0.4, -0.2) is 25.9 Å². The number of methoxy groups -OCH3 is 1. The highest BCUT2D eigenvalue weighted by Crippen LogP contribution is 2.22. The Bertz CT molecular complexity index is 1040. The standard InChI is InChI=1S/C23H19ClFNO5/c1-28-22-11-2-16(12-17(22)14-29-21-9-5-19(25)6-10-21)13-26-31-23(27)15-30-20-7-3-18(24)4-8-20/h2-13H,14-15H2,1H3/b26-13+. The van der Waals surface area contributed by atoms with Gasteiger partial charge < -0.3 is 19.0 Å². The van der Waals surface area contributed by atoms with E-state index in [1.165, 1.54) is 18.3 Å². The van der Waals surface area contributed by atoms with Crippen molar-refractivity contribution in [1.82, 2.24) is 0 Å². The van der Waals surface area contributed by atoms with E-state index in [9.17, 15) is 9.18 Å². The second kappa shape index (κ2) is 11.0. The number of rotatable bonds is 9. The summed E-state index contributed by atoms with van der Waals surface area (Å²) in [4.78, 5) is 16.6. The number of ether oxygens (including phenoxy) is 3. The van der Waals surface area contributed by atoms with Gasteiger partial charge in [-0.15, -0.1) is 0 Å². The second-order valence-corrected chi connectivity index (χ2v) is 6.69. The predicted molar refractivity (Wildman–Crippen MR) is 114 cm³/mol. The molecule has 0 saturated heterocycles. The lowest BCUT2D eigenvalue weighted by Gasteiger charge is -2.11. The smallest absolute Gasteiger partial charge is 0.372 e. The summed E-state index contributed by atoms with van der Waals surface area (Å²) < 4.78 is 29.3. The SMILES string of the molecule is COc1ccc(/C=N/OC(=O)COc2ccc(Cl)cc2)cc1COc1ccc(F)cc1. The predicted octanol–water partition coefficient (Wildman–Crippen LogP) is 5.02. The molecule has 0 aromatic heterocycles. The van der Waals surface area contributed by atoms with Crippen molar-refractivity contribution in [3.63, 3.8) is 0 Å². The van der Waals surface area contributed by atoms with Crippen molar-refractivity contribution in [2.45, 2.75) is 6.61 Å². The molecule has 160 valence electrons. The molecule has 0 spiro atoms. The Morgan fingerprint density at radius 2 is 1.68 bits per heavy atom. The highest BCUT2D eigenvalue weighted by molar-refractivity contribution is 6.30. The summed E-state index contributed by atoms with van der Waals surface area (Å²) in [5.41, 5.74) is 1.41. The first-order chi connectivity index (χ1) is 15.0. The molecule has 0 aliphatic rings. The van der Waals surface area contributed by atoms with Crippen molar-refractivity contribution in [3.8, 4) is 17.2 Å². The van der Waals surface area contributed by atoms with Crippen LogP contribution in [-0.2, 0) is 16.2 Å². The lowest BCUT2D eigenvalue weighted by atomic mass is 10.1. The van der Waals surface area contributed by atoms with Crippen LogP contribution in [0.5, 0.6) is 17.2 Å². The van der Waals surface area contributed by atoms with Crippen molar-refractivity contribution >= 4 is 23.8 Å². The summed E-state index contributed by atoms with van der Waals surface area (Å²) in [6.45, 7) is -0.0937. The van der Waals surface area contributed by atoms with Gasteiger partial charge in [0.05, 0.1) is 13.3 Å². The van der Waals surface area contributed by atoms with Gasteiger partial charge in [-0.1, -0.05) is 16.8 Å². The van der Waals surface area contributed by atoms with Crippen molar-refractivity contribution in [3.05, 3.63) is 88.7 Å². The lowest BCUT2D eigenvalue weighted by molar-refractivity contribution is -0.145. The number of nitrogens with zero attached hydrogens (tertiary/aromatic N) is 1. The van der Waals surface area contributed by atoms with E-state index in [1.807, 2.05) is 0 Å². The Kier molecular flexibility index (Phi) is 7.84. The van der Waals surface area contributed by atoms with Gasteiger partial charge in [-0.25, -0.2) is 9.18 Å². The van der Waals surface area contributed by atoms with Crippen molar-refractivity contribution in [1.29, 1.82) is 0 Å². The normalized spacial score (nSPS) is 10.7. The van der Waals surface area contributed by atoms with Gasteiger partial charge in [0.25, 0.3) is 0 Å². The van der Waals surface area contributed by atoms with Gasteiger partial charge >= 0.3 is 5.97 Å². The maximum absolute atomic E-state index is 13.0. The van der Waals surface area contributed by atoms with E-state index in [0.717, 1.165) is 5.56 Å². The monoisotopic (exact) mass is 443 g/mol. The van der Waals surface area contributed by atoms with E-state index in [4.69, 9.17) is 30.6 Å². The zero-order valence-electron chi connectivity index (χ0n) is 16.6. The van der Waals surface area contributed by atoms with E-state index in [0.29, 0.717) is 27.8 Å². The van der Waals surface area contributed by atoms with Crippen LogP contribution < -0.4 is 14.2 Å². The third-order valence-electron chi connectivity index (χ3n) is 4.04. The molecule has 0 N–H and O–H groups in total. The summed E-state index contributed by atoms with van der Waals surface area (Å²) in [5.74, 6) is 0.645. The highest BCUT2D eigenvalue weighted by Gasteiger charge is 2.07. The van der Waals surface area contributed by atoms with E-state index in [-0.39, 0.29) is 19.0 Å². The molecule has 0 fully saturated rings. The first-order valence-corrected chi connectivity index (χ1v) is 9.58. The maximum Gasteiger partial charge on any atom is 0.372 e. The molecule has 3 aromatic carbocycles. The Labute approximate surface area is 183 Å². The first kappa shape index (κ1) is 22.1. The van der Waals surface area contributed by atoms with Gasteiger partial charge in [-0.3, -0.25) is 0 Å². The molecule has 0 bridgehead atoms. The molecule has 0 radical (unpaired) electrons. The van der Waals surface area contributed by atoms with Gasteiger partial charge in [0.2, 0.25) is 0 Å². The van der Waals surface area contributed by atoms with Crippen molar-refractivity contribution < 1.29 is 28.2 Å². The third kappa shape index (κ3) is 7.01. The van der Waals surface area contributed by atoms with E-state index in [2.05, 4.69) is 5.16 Å². The zero-order chi connectivity index (χ0) is 22.1. The fourth-order valence-corrected chi connectivity index (χ4v) is 2.65. The van der Waals surface area contributed by atoms with Crippen LogP contribution in [0.4, 0.5) is 4.39 Å². The number of carbonyl (C=O) groups excluding carboxylic acids is 1. The largest absolute Gasteiger partial charge is 0.496 e. The number of carbonyl (C=O) groups is 1. The molecule has 6 nitrogen and oxygen atoms in total. The molecular formula is C23H19ClFNO5. The molecule has 31 heavy (non-hydrogen) atoms. The maximum atomic E-state index is 13.0. The lowest BCUT2D eigenvalue weighted by Crippen LogP contribution is -2.12. The quantitative estimate of drug-likeness (QED) is 0.264. The summed E-state index contributed by atoms with van der Waals surface area (Å²) in [6, 6.07) is 17.6. The molecule has 0 atom stereocenters. The minimum Gasteiger partial charge on any atom is -0.496 e. The minimum atomic E-state index is -0.653. The van der Waals surface area contributed by atoms with Gasteiger partial charge in [-0.05, 0) is 72.3 Å². The molecule has 3 aromatic rings. The van der Waals surface area contributed by atoms with E-state index < -0.39 is 5.97 Å². The summed E-state index contributed by atoms with van der Waals surface area (Å²) in [5, 5.41) is 4.26. The Morgan fingerprint density at radius 1 is 1.00 bits per heavy atom. The van der Waals surface area contributed by atoms with Crippen LogP contribution in [0.1, 0.15) is 11.1 Å². The molecule has 0 saturated carbocycles. The summed E-state index contributed by atoms with van der Waals surface area (Å²) >= 11 is 5.79. The fraction of sp³-hybridized carbons (Fsp3) is 0.130. The fourth-order valence-electron chi connectivity index (χ4n) is 2.53. The van der Waals surface area contributed by atoms with Crippen LogP contribution >= 0.6 is 11.6 Å². The Morgan fingerprint density at radius 3 is 2.39 bits per heavy atom. The van der Waals surface area contributed by atoms with Gasteiger partial charge in [0, 0.05) is 10.6 Å². The van der Waals surface area contributed by atoms with Gasteiger partial charge in [0.15, 0.2) is 6.61 Å². The molecular weight excluding hydrogens is 425 g/mol. The minimum absolute atomic E-state index is 0.200. The van der Waals surface area contributed by atoms with Gasteiger partial charge in [0.1, 0.15) is 29.7 Å². The Balaban J connectivity index is 1.54. The highest BCUT2D eigenvalue weighted by atomic mass is 35.5. The molecule has 0 unspecified atom stereocenters. The van der Waals surface area contributed by atoms with Crippen LogP contribution in [0.3, 0.4) is 0 Å². The molecule has 3 rings (SSSR count). The first-order valence-electron chi connectivity index (χ1n) is 9.20. The Hall–Kier alpha value is -3.58. The van der Waals surface area contributed by atoms with Crippen LogP contribution in [0.25, 0.3) is 0 Å². The number of hydrogen-bond donors (Lipinski definition) is 0. The number of oxime groups is 1.